The lowest BCUT2D eigenvalue weighted by molar-refractivity contribution is -0.385. The van der Waals surface area contributed by atoms with E-state index in [0.717, 1.165) is 12.1 Å². The van der Waals surface area contributed by atoms with Crippen LogP contribution in [0.4, 0.5) is 10.1 Å². The number of halogens is 1. The van der Waals surface area contributed by atoms with Gasteiger partial charge >= 0.3 is 5.97 Å². The lowest BCUT2D eigenvalue weighted by atomic mass is 10.1. The zero-order valence-electron chi connectivity index (χ0n) is 10.2. The van der Waals surface area contributed by atoms with Crippen molar-refractivity contribution < 1.29 is 23.6 Å². The average molecular weight is 269 g/mol. The lowest BCUT2D eigenvalue weighted by Crippen LogP contribution is -2.19. The van der Waals surface area contributed by atoms with Crippen molar-refractivity contribution >= 4 is 11.7 Å². The summed E-state index contributed by atoms with van der Waals surface area (Å²) in [6.07, 6.45) is 0.118. The zero-order valence-corrected chi connectivity index (χ0v) is 10.2. The van der Waals surface area contributed by atoms with Crippen LogP contribution in [0.5, 0.6) is 0 Å². The van der Waals surface area contributed by atoms with Gasteiger partial charge in [-0.25, -0.2) is 9.18 Å². The molecular formula is C12H12FNO5. The molecule has 1 unspecified atom stereocenters. The van der Waals surface area contributed by atoms with Gasteiger partial charge in [0.1, 0.15) is 17.5 Å². The Bertz CT molecular complexity index is 525. The first-order valence-corrected chi connectivity index (χ1v) is 5.72. The maximum Gasteiger partial charge on any atom is 0.341 e. The monoisotopic (exact) mass is 269 g/mol. The largest absolute Gasteiger partial charge is 0.456 e. The van der Waals surface area contributed by atoms with Crippen molar-refractivity contribution in [3.63, 3.8) is 0 Å². The maximum atomic E-state index is 13.8. The van der Waals surface area contributed by atoms with E-state index in [9.17, 15) is 19.3 Å². The predicted octanol–water partition coefficient (Wildman–Crippen LogP) is 1.99. The Morgan fingerprint density at radius 3 is 2.89 bits per heavy atom. The van der Waals surface area contributed by atoms with Crippen molar-refractivity contribution in [2.75, 3.05) is 13.2 Å². The third-order valence-corrected chi connectivity index (χ3v) is 2.83. The second-order valence-corrected chi connectivity index (χ2v) is 4.27. The molecule has 0 amide bonds. The van der Waals surface area contributed by atoms with Gasteiger partial charge in [0, 0.05) is 18.6 Å². The molecule has 1 aliphatic heterocycles. The van der Waals surface area contributed by atoms with Gasteiger partial charge in [0.15, 0.2) is 0 Å². The normalized spacial score (nSPS) is 18.3. The summed E-state index contributed by atoms with van der Waals surface area (Å²) in [7, 11) is 0. The molecular weight excluding hydrogens is 257 g/mol. The number of benzene rings is 1. The molecule has 1 saturated heterocycles. The molecule has 0 aliphatic carbocycles. The van der Waals surface area contributed by atoms with Gasteiger partial charge in [0.25, 0.3) is 5.69 Å². The second kappa shape index (κ2) is 5.31. The van der Waals surface area contributed by atoms with Crippen molar-refractivity contribution in [3.05, 3.63) is 39.2 Å². The fraction of sp³-hybridized carbons (Fsp3) is 0.417. The van der Waals surface area contributed by atoms with Crippen LogP contribution in [0.3, 0.4) is 0 Å². The number of ether oxygens (including phenoxy) is 2. The second-order valence-electron chi connectivity index (χ2n) is 4.27. The first kappa shape index (κ1) is 13.4. The number of rotatable bonds is 3. The Labute approximate surface area is 108 Å². The van der Waals surface area contributed by atoms with Gasteiger partial charge in [0.05, 0.1) is 18.1 Å². The molecule has 102 valence electrons. The molecule has 0 saturated carbocycles. The summed E-state index contributed by atoms with van der Waals surface area (Å²) in [6, 6.07) is 1.96. The van der Waals surface area contributed by atoms with Gasteiger partial charge in [-0.2, -0.15) is 0 Å². The van der Waals surface area contributed by atoms with Crippen molar-refractivity contribution in [1.82, 2.24) is 0 Å². The van der Waals surface area contributed by atoms with E-state index in [1.807, 2.05) is 0 Å². The zero-order chi connectivity index (χ0) is 14.0. The van der Waals surface area contributed by atoms with Crippen LogP contribution < -0.4 is 0 Å². The third kappa shape index (κ3) is 2.87. The number of hydrogen-bond donors (Lipinski definition) is 0. The molecule has 0 bridgehead atoms. The van der Waals surface area contributed by atoms with Gasteiger partial charge in [-0.05, 0) is 12.5 Å². The summed E-state index contributed by atoms with van der Waals surface area (Å²) in [5.74, 6) is -1.70. The average Bonchev–Trinajstić information content (AvgIpc) is 2.84. The van der Waals surface area contributed by atoms with Crippen LogP contribution in [-0.4, -0.2) is 30.2 Å². The fourth-order valence-corrected chi connectivity index (χ4v) is 1.83. The van der Waals surface area contributed by atoms with E-state index in [0.29, 0.717) is 13.0 Å². The van der Waals surface area contributed by atoms with E-state index in [4.69, 9.17) is 9.47 Å². The van der Waals surface area contributed by atoms with Crippen LogP contribution in [0, 0.1) is 22.9 Å². The first-order chi connectivity index (χ1) is 8.99. The Morgan fingerprint density at radius 1 is 1.58 bits per heavy atom. The van der Waals surface area contributed by atoms with E-state index in [2.05, 4.69) is 0 Å². The fourth-order valence-electron chi connectivity index (χ4n) is 1.83. The highest BCUT2D eigenvalue weighted by atomic mass is 19.1. The van der Waals surface area contributed by atoms with Crippen LogP contribution in [-0.2, 0) is 9.47 Å². The highest BCUT2D eigenvalue weighted by Crippen LogP contribution is 2.22. The van der Waals surface area contributed by atoms with Gasteiger partial charge in [0.2, 0.25) is 0 Å². The minimum atomic E-state index is -0.903. The van der Waals surface area contributed by atoms with Crippen LogP contribution in [0.2, 0.25) is 0 Å². The molecule has 19 heavy (non-hydrogen) atoms. The highest BCUT2D eigenvalue weighted by molar-refractivity contribution is 5.91. The number of non-ortho nitro benzene ring substituents is 1. The van der Waals surface area contributed by atoms with E-state index in [1.165, 1.54) is 6.92 Å². The molecule has 1 heterocycles. The molecule has 0 aromatic heterocycles. The standard InChI is InChI=1S/C12H12FNO5/c1-7-4-8(14(16)17)5-10(11(7)13)12(15)19-9-2-3-18-6-9/h4-5,9H,2-3,6H2,1H3. The Hall–Kier alpha value is -2.02. The minimum absolute atomic E-state index is 0.0313. The van der Waals surface area contributed by atoms with E-state index < -0.39 is 28.4 Å². The van der Waals surface area contributed by atoms with Gasteiger partial charge < -0.3 is 9.47 Å². The molecule has 0 radical (unpaired) electrons. The van der Waals surface area contributed by atoms with Gasteiger partial charge in [-0.1, -0.05) is 0 Å². The van der Waals surface area contributed by atoms with E-state index in [-0.39, 0.29) is 17.9 Å². The summed E-state index contributed by atoms with van der Waals surface area (Å²) in [5.41, 5.74) is -0.726. The summed E-state index contributed by atoms with van der Waals surface area (Å²) in [4.78, 5) is 21.8. The number of nitro groups is 1. The van der Waals surface area contributed by atoms with Crippen molar-refractivity contribution in [1.29, 1.82) is 0 Å². The van der Waals surface area contributed by atoms with Gasteiger partial charge in [-0.3, -0.25) is 10.1 Å². The van der Waals surface area contributed by atoms with Crippen LogP contribution >= 0.6 is 0 Å². The number of carbonyl (C=O) groups is 1. The summed E-state index contributed by atoms with van der Waals surface area (Å²) in [6.45, 7) is 2.10. The number of nitrogens with zero attached hydrogens (tertiary/aromatic N) is 1. The molecule has 6 nitrogen and oxygen atoms in total. The van der Waals surface area contributed by atoms with Crippen LogP contribution in [0.25, 0.3) is 0 Å². The smallest absolute Gasteiger partial charge is 0.341 e. The number of carbonyl (C=O) groups excluding carboxylic acids is 1. The third-order valence-electron chi connectivity index (χ3n) is 2.83. The topological polar surface area (TPSA) is 78.7 Å². The SMILES string of the molecule is Cc1cc([N+](=O)[O-])cc(C(=O)OC2CCOC2)c1F. The molecule has 1 aliphatic rings. The minimum Gasteiger partial charge on any atom is -0.456 e. The number of hydrogen-bond acceptors (Lipinski definition) is 5. The molecule has 0 spiro atoms. The molecule has 1 aromatic carbocycles. The molecule has 2 rings (SSSR count). The number of aryl methyl sites for hydroxylation is 1. The molecule has 7 heteroatoms. The van der Waals surface area contributed by atoms with Crippen molar-refractivity contribution in [2.45, 2.75) is 19.4 Å². The molecule has 1 aromatic rings. The summed E-state index contributed by atoms with van der Waals surface area (Å²) < 4.78 is 23.9. The Morgan fingerprint density at radius 2 is 2.32 bits per heavy atom. The quantitative estimate of drug-likeness (QED) is 0.476. The maximum absolute atomic E-state index is 13.8. The first-order valence-electron chi connectivity index (χ1n) is 5.72. The molecule has 1 fully saturated rings. The van der Waals surface area contributed by atoms with Gasteiger partial charge in [-0.15, -0.1) is 0 Å². The Balaban J connectivity index is 2.26. The number of esters is 1. The van der Waals surface area contributed by atoms with E-state index >= 15 is 0 Å². The lowest BCUT2D eigenvalue weighted by Gasteiger charge is -2.11. The van der Waals surface area contributed by atoms with Crippen LogP contribution in [0.1, 0.15) is 22.3 Å². The Kier molecular flexibility index (Phi) is 3.75. The van der Waals surface area contributed by atoms with Crippen molar-refractivity contribution in [3.8, 4) is 0 Å². The summed E-state index contributed by atoms with van der Waals surface area (Å²) >= 11 is 0. The van der Waals surface area contributed by atoms with E-state index in [1.54, 1.807) is 0 Å². The molecule has 1 atom stereocenters. The van der Waals surface area contributed by atoms with Crippen LogP contribution in [0.15, 0.2) is 12.1 Å². The predicted molar refractivity (Wildman–Crippen MR) is 62.4 cm³/mol. The number of nitro benzene ring substituents is 1. The summed E-state index contributed by atoms with van der Waals surface area (Å²) in [5, 5.41) is 10.7. The molecule has 0 N–H and O–H groups in total. The highest BCUT2D eigenvalue weighted by Gasteiger charge is 2.25. The van der Waals surface area contributed by atoms with Crippen molar-refractivity contribution in [2.24, 2.45) is 0 Å².